The molecule has 0 bridgehead atoms. The van der Waals surface area contributed by atoms with Crippen molar-refractivity contribution in [1.29, 1.82) is 0 Å². The van der Waals surface area contributed by atoms with Crippen molar-refractivity contribution in [2.45, 2.75) is 19.4 Å². The Morgan fingerprint density at radius 2 is 2.45 bits per heavy atom. The monoisotopic (exact) mass is 175 g/mol. The lowest BCUT2D eigenvalue weighted by atomic mass is 10.2. The Morgan fingerprint density at radius 1 is 1.82 bits per heavy atom. The van der Waals surface area contributed by atoms with Crippen LogP contribution in [0.15, 0.2) is 12.3 Å². The molecule has 0 aliphatic carbocycles. The van der Waals surface area contributed by atoms with E-state index in [-0.39, 0.29) is 0 Å². The van der Waals surface area contributed by atoms with Crippen molar-refractivity contribution in [2.75, 3.05) is 5.75 Å². The van der Waals surface area contributed by atoms with E-state index in [1.54, 1.807) is 12.3 Å². The van der Waals surface area contributed by atoms with Gasteiger partial charge in [0.05, 0.1) is 0 Å². The Bertz CT molecular complexity index is 147. The van der Waals surface area contributed by atoms with Crippen LogP contribution in [0.25, 0.3) is 0 Å². The minimum Gasteiger partial charge on any atom is -0.480 e. The van der Waals surface area contributed by atoms with Crippen LogP contribution >= 0.6 is 12.6 Å². The molecule has 64 valence electrons. The fourth-order valence-electron chi connectivity index (χ4n) is 0.620. The Morgan fingerprint density at radius 3 is 2.82 bits per heavy atom. The van der Waals surface area contributed by atoms with Gasteiger partial charge < -0.3 is 10.4 Å². The number of hydrogen-bond donors (Lipinski definition) is 3. The van der Waals surface area contributed by atoms with Gasteiger partial charge in [-0.25, -0.2) is 4.79 Å². The van der Waals surface area contributed by atoms with Crippen LogP contribution in [0.4, 0.5) is 0 Å². The molecule has 0 amide bonds. The lowest BCUT2D eigenvalue weighted by Gasteiger charge is -2.09. The molecule has 0 aromatic carbocycles. The largest absolute Gasteiger partial charge is 0.480 e. The third kappa shape index (κ3) is 4.72. The van der Waals surface area contributed by atoms with Gasteiger partial charge in [-0.3, -0.25) is 0 Å². The number of rotatable bonds is 5. The molecule has 3 nitrogen and oxygen atoms in total. The third-order valence-corrected chi connectivity index (χ3v) is 1.44. The van der Waals surface area contributed by atoms with Crippen LogP contribution in [0, 0.1) is 0 Å². The smallest absolute Gasteiger partial charge is 0.326 e. The molecule has 0 spiro atoms. The first kappa shape index (κ1) is 10.4. The summed E-state index contributed by atoms with van der Waals surface area (Å²) >= 11 is 3.95. The summed E-state index contributed by atoms with van der Waals surface area (Å²) in [5, 5.41) is 11.3. The highest BCUT2D eigenvalue weighted by molar-refractivity contribution is 7.80. The van der Waals surface area contributed by atoms with E-state index in [4.69, 9.17) is 5.11 Å². The predicted molar refractivity (Wildman–Crippen MR) is 47.8 cm³/mol. The lowest BCUT2D eigenvalue weighted by Crippen LogP contribution is -2.33. The summed E-state index contributed by atoms with van der Waals surface area (Å²) in [6, 6.07) is -0.510. The summed E-state index contributed by atoms with van der Waals surface area (Å²) in [6.07, 6.45) is 3.92. The molecule has 0 aliphatic rings. The quantitative estimate of drug-likeness (QED) is 0.544. The maximum Gasteiger partial charge on any atom is 0.326 e. The summed E-state index contributed by atoms with van der Waals surface area (Å²) in [5.74, 6) is -0.265. The SMILES string of the molecule is CC=CN[C@@H](CCS)C(=O)O. The summed E-state index contributed by atoms with van der Waals surface area (Å²) < 4.78 is 0. The van der Waals surface area contributed by atoms with Crippen LogP contribution in [0.1, 0.15) is 13.3 Å². The lowest BCUT2D eigenvalue weighted by molar-refractivity contribution is -0.139. The molecule has 0 radical (unpaired) electrons. The minimum atomic E-state index is -0.836. The van der Waals surface area contributed by atoms with Crippen molar-refractivity contribution < 1.29 is 9.90 Å². The van der Waals surface area contributed by atoms with Gasteiger partial charge in [0.2, 0.25) is 0 Å². The Balaban J connectivity index is 3.79. The number of carboxylic acids is 1. The van der Waals surface area contributed by atoms with Crippen molar-refractivity contribution >= 4 is 18.6 Å². The molecule has 2 N–H and O–H groups in total. The molecule has 0 rings (SSSR count). The van der Waals surface area contributed by atoms with Crippen LogP contribution < -0.4 is 5.32 Å². The number of hydrogen-bond acceptors (Lipinski definition) is 3. The first-order valence-electron chi connectivity index (χ1n) is 3.43. The van der Waals surface area contributed by atoms with Gasteiger partial charge in [0.15, 0.2) is 0 Å². The van der Waals surface area contributed by atoms with E-state index >= 15 is 0 Å². The van der Waals surface area contributed by atoms with Crippen LogP contribution in [0.5, 0.6) is 0 Å². The third-order valence-electron chi connectivity index (χ3n) is 1.18. The highest BCUT2D eigenvalue weighted by Gasteiger charge is 2.12. The zero-order valence-corrected chi connectivity index (χ0v) is 7.34. The Labute approximate surface area is 71.9 Å². The van der Waals surface area contributed by atoms with Crippen LogP contribution in [-0.4, -0.2) is 22.9 Å². The van der Waals surface area contributed by atoms with Crippen LogP contribution in [-0.2, 0) is 4.79 Å². The van der Waals surface area contributed by atoms with E-state index in [0.717, 1.165) is 0 Å². The van der Waals surface area contributed by atoms with E-state index in [1.807, 2.05) is 6.92 Å². The Kier molecular flexibility index (Phi) is 5.74. The predicted octanol–water partition coefficient (Wildman–Crippen LogP) is 0.883. The summed E-state index contributed by atoms with van der Waals surface area (Å²) in [6.45, 7) is 1.83. The first-order valence-corrected chi connectivity index (χ1v) is 4.06. The van der Waals surface area contributed by atoms with Crippen LogP contribution in [0.2, 0.25) is 0 Å². The molecular formula is C7H13NO2S. The molecule has 1 atom stereocenters. The van der Waals surface area contributed by atoms with Gasteiger partial charge in [-0.15, -0.1) is 0 Å². The Hall–Kier alpha value is -0.640. The van der Waals surface area contributed by atoms with Crippen molar-refractivity contribution in [1.82, 2.24) is 5.32 Å². The second-order valence-corrected chi connectivity index (χ2v) is 2.52. The summed E-state index contributed by atoms with van der Waals surface area (Å²) in [5.41, 5.74) is 0. The van der Waals surface area contributed by atoms with Crippen molar-refractivity contribution in [3.8, 4) is 0 Å². The maximum atomic E-state index is 10.5. The molecule has 0 saturated heterocycles. The van der Waals surface area contributed by atoms with E-state index < -0.39 is 12.0 Å². The normalized spacial score (nSPS) is 13.3. The van der Waals surface area contributed by atoms with Gasteiger partial charge in [-0.05, 0) is 25.3 Å². The fourth-order valence-corrected chi connectivity index (χ4v) is 0.878. The molecule has 0 saturated carbocycles. The molecular weight excluding hydrogens is 162 g/mol. The number of carboxylic acid groups (broad SMARTS) is 1. The summed E-state index contributed by atoms with van der Waals surface area (Å²) in [7, 11) is 0. The average molecular weight is 175 g/mol. The molecule has 0 unspecified atom stereocenters. The van der Waals surface area contributed by atoms with Gasteiger partial charge >= 0.3 is 5.97 Å². The van der Waals surface area contributed by atoms with Gasteiger partial charge in [0.1, 0.15) is 6.04 Å². The van der Waals surface area contributed by atoms with Crippen LogP contribution in [0.3, 0.4) is 0 Å². The van der Waals surface area contributed by atoms with Crippen molar-refractivity contribution in [3.63, 3.8) is 0 Å². The molecule has 0 heterocycles. The molecule has 11 heavy (non-hydrogen) atoms. The highest BCUT2D eigenvalue weighted by atomic mass is 32.1. The summed E-state index contributed by atoms with van der Waals surface area (Å²) in [4.78, 5) is 10.5. The topological polar surface area (TPSA) is 49.3 Å². The van der Waals surface area contributed by atoms with Gasteiger partial charge in [0, 0.05) is 0 Å². The van der Waals surface area contributed by atoms with Crippen molar-refractivity contribution in [3.05, 3.63) is 12.3 Å². The number of nitrogens with one attached hydrogen (secondary N) is 1. The van der Waals surface area contributed by atoms with E-state index in [1.165, 1.54) is 0 Å². The zero-order chi connectivity index (χ0) is 8.69. The number of aliphatic carboxylic acids is 1. The minimum absolute atomic E-state index is 0.510. The molecule has 0 aromatic rings. The number of carbonyl (C=O) groups is 1. The molecule has 0 aliphatic heterocycles. The van der Waals surface area contributed by atoms with Gasteiger partial charge in [0.25, 0.3) is 0 Å². The number of thiol groups is 1. The highest BCUT2D eigenvalue weighted by Crippen LogP contribution is 1.94. The zero-order valence-electron chi connectivity index (χ0n) is 6.45. The number of allylic oxidation sites excluding steroid dienone is 1. The molecule has 0 aromatic heterocycles. The second kappa shape index (κ2) is 6.09. The molecule has 4 heteroatoms. The standard InChI is InChI=1S/C7H13NO2S/c1-2-4-8-6(3-5-11)7(9)10/h2,4,6,8,11H,3,5H2,1H3,(H,9,10)/t6-/m0/s1. The molecule has 0 fully saturated rings. The first-order chi connectivity index (χ1) is 5.22. The van der Waals surface area contributed by atoms with Gasteiger partial charge in [-0.1, -0.05) is 6.08 Å². The van der Waals surface area contributed by atoms with Gasteiger partial charge in [-0.2, -0.15) is 12.6 Å². The average Bonchev–Trinajstić information content (AvgIpc) is 1.97. The van der Waals surface area contributed by atoms with Crippen molar-refractivity contribution in [2.24, 2.45) is 0 Å². The van der Waals surface area contributed by atoms with E-state index in [9.17, 15) is 4.79 Å². The van der Waals surface area contributed by atoms with E-state index in [0.29, 0.717) is 12.2 Å². The second-order valence-electron chi connectivity index (χ2n) is 2.07. The maximum absolute atomic E-state index is 10.5. The van der Waals surface area contributed by atoms with E-state index in [2.05, 4.69) is 17.9 Å². The fraction of sp³-hybridized carbons (Fsp3) is 0.571.